The summed E-state index contributed by atoms with van der Waals surface area (Å²) in [5.41, 5.74) is 3.35. The molecule has 2 N–H and O–H groups in total. The number of anilines is 1. The van der Waals surface area contributed by atoms with Crippen LogP contribution in [0.1, 0.15) is 38.3 Å². The van der Waals surface area contributed by atoms with Crippen molar-refractivity contribution in [2.75, 3.05) is 5.32 Å². The number of hydrogen-bond acceptors (Lipinski definition) is 7. The Morgan fingerprint density at radius 1 is 1.05 bits per heavy atom. The smallest absolute Gasteiger partial charge is 0.420 e. The zero-order valence-electron chi connectivity index (χ0n) is 21.2. The number of nitrogens with zero attached hydrogens (tertiary/aromatic N) is 3. The first-order valence-corrected chi connectivity index (χ1v) is 12.0. The Morgan fingerprint density at radius 3 is 2.45 bits per heavy atom. The molecular weight excluding hydrogens is 488 g/mol. The van der Waals surface area contributed by atoms with Gasteiger partial charge in [-0.1, -0.05) is 41.6 Å². The number of hydrogen-bond donors (Lipinski definition) is 2. The number of rotatable bonds is 6. The van der Waals surface area contributed by atoms with Gasteiger partial charge < -0.3 is 20.0 Å². The summed E-state index contributed by atoms with van der Waals surface area (Å²) in [5, 5.41) is 16.5. The molecule has 2 heterocycles. The van der Waals surface area contributed by atoms with Gasteiger partial charge in [0.2, 0.25) is 6.10 Å². The van der Waals surface area contributed by atoms with E-state index in [4.69, 9.17) is 9.57 Å². The van der Waals surface area contributed by atoms with E-state index < -0.39 is 23.9 Å². The van der Waals surface area contributed by atoms with E-state index in [0.29, 0.717) is 28.3 Å². The summed E-state index contributed by atoms with van der Waals surface area (Å²) < 4.78 is 5.25. The minimum Gasteiger partial charge on any atom is -0.465 e. The Hall–Kier alpha value is -4.73. The SMILES string of the molecule is CC(C)(C)OC(=O)N(Cc1ccccc1-c1ccc(NC(=O)C2CC(c3cccnc3)=NO2)cc1)C(=O)O. The Morgan fingerprint density at radius 2 is 1.79 bits per heavy atom. The third-order valence-corrected chi connectivity index (χ3v) is 5.61. The molecule has 38 heavy (non-hydrogen) atoms. The van der Waals surface area contributed by atoms with Gasteiger partial charge in [0.25, 0.3) is 5.91 Å². The maximum atomic E-state index is 12.7. The number of oxime groups is 1. The van der Waals surface area contributed by atoms with Crippen LogP contribution in [0.3, 0.4) is 0 Å². The van der Waals surface area contributed by atoms with Crippen LogP contribution in [0.25, 0.3) is 11.1 Å². The number of pyridine rings is 1. The van der Waals surface area contributed by atoms with Gasteiger partial charge in [-0.2, -0.15) is 0 Å². The predicted octanol–water partition coefficient (Wildman–Crippen LogP) is 5.30. The lowest BCUT2D eigenvalue weighted by atomic mass is 9.99. The van der Waals surface area contributed by atoms with Crippen molar-refractivity contribution in [3.63, 3.8) is 0 Å². The average molecular weight is 517 g/mol. The summed E-state index contributed by atoms with van der Waals surface area (Å²) in [5.74, 6) is -0.324. The summed E-state index contributed by atoms with van der Waals surface area (Å²) in [6.45, 7) is 4.83. The quantitative estimate of drug-likeness (QED) is 0.455. The van der Waals surface area contributed by atoms with Crippen molar-refractivity contribution < 1.29 is 29.1 Å². The molecular formula is C28H28N4O6. The molecule has 0 fully saturated rings. The minimum absolute atomic E-state index is 0.183. The Bertz CT molecular complexity index is 1350. The number of imide groups is 1. The number of aromatic nitrogens is 1. The molecule has 0 bridgehead atoms. The number of amides is 3. The van der Waals surface area contributed by atoms with Gasteiger partial charge in [0.15, 0.2) is 0 Å². The second-order valence-corrected chi connectivity index (χ2v) is 9.65. The van der Waals surface area contributed by atoms with Crippen LogP contribution in [0.2, 0.25) is 0 Å². The number of carbonyl (C=O) groups excluding carboxylic acids is 2. The topological polar surface area (TPSA) is 130 Å². The Kier molecular flexibility index (Phi) is 7.71. The molecule has 10 heteroatoms. The first kappa shape index (κ1) is 26.3. The standard InChI is InChI=1S/C28H28N4O6/c1-28(2,3)37-27(36)32(26(34)35)17-20-7-4-5-9-22(20)18-10-12-21(13-11-18)30-25(33)24-15-23(31-38-24)19-8-6-14-29-16-19/h4-14,16,24H,15,17H2,1-3H3,(H,30,33)(H,34,35). The van der Waals surface area contributed by atoms with Crippen LogP contribution in [0.15, 0.2) is 78.2 Å². The maximum absolute atomic E-state index is 12.7. The van der Waals surface area contributed by atoms with E-state index in [1.54, 1.807) is 75.6 Å². The van der Waals surface area contributed by atoms with Gasteiger partial charge in [0, 0.05) is 30.1 Å². The molecule has 0 radical (unpaired) electrons. The molecule has 0 saturated heterocycles. The summed E-state index contributed by atoms with van der Waals surface area (Å²) >= 11 is 0. The van der Waals surface area contributed by atoms with Crippen LogP contribution in [0.4, 0.5) is 15.3 Å². The molecule has 1 aliphatic rings. The highest BCUT2D eigenvalue weighted by Crippen LogP contribution is 2.27. The first-order chi connectivity index (χ1) is 18.1. The maximum Gasteiger partial charge on any atom is 0.420 e. The van der Waals surface area contributed by atoms with Gasteiger partial charge in [-0.15, -0.1) is 0 Å². The molecule has 0 aliphatic carbocycles. The van der Waals surface area contributed by atoms with Gasteiger partial charge in [-0.25, -0.2) is 14.5 Å². The van der Waals surface area contributed by atoms with Crippen LogP contribution in [-0.2, 0) is 20.9 Å². The summed E-state index contributed by atoms with van der Waals surface area (Å²) in [6.07, 6.45) is 0.568. The normalized spacial score (nSPS) is 14.7. The summed E-state index contributed by atoms with van der Waals surface area (Å²) in [6, 6.07) is 17.9. The van der Waals surface area contributed by atoms with Crippen LogP contribution in [0, 0.1) is 0 Å². The molecule has 2 aromatic carbocycles. The molecule has 1 atom stereocenters. The first-order valence-electron chi connectivity index (χ1n) is 12.0. The molecule has 0 saturated carbocycles. The van der Waals surface area contributed by atoms with Crippen molar-refractivity contribution in [1.29, 1.82) is 0 Å². The largest absolute Gasteiger partial charge is 0.465 e. The van der Waals surface area contributed by atoms with Crippen molar-refractivity contribution in [1.82, 2.24) is 9.88 Å². The van der Waals surface area contributed by atoms with Gasteiger partial charge in [0.1, 0.15) is 5.60 Å². The van der Waals surface area contributed by atoms with Crippen LogP contribution in [0.5, 0.6) is 0 Å². The van der Waals surface area contributed by atoms with E-state index in [0.717, 1.165) is 16.7 Å². The van der Waals surface area contributed by atoms with Crippen molar-refractivity contribution in [3.8, 4) is 11.1 Å². The molecule has 196 valence electrons. The van der Waals surface area contributed by atoms with E-state index in [1.165, 1.54) is 0 Å². The molecule has 0 spiro atoms. The molecule has 10 nitrogen and oxygen atoms in total. The van der Waals surface area contributed by atoms with Gasteiger partial charge in [0.05, 0.1) is 12.3 Å². The molecule has 1 aliphatic heterocycles. The average Bonchev–Trinajstić information content (AvgIpc) is 3.38. The van der Waals surface area contributed by atoms with Crippen molar-refractivity contribution in [2.45, 2.75) is 45.4 Å². The third-order valence-electron chi connectivity index (χ3n) is 5.61. The lowest BCUT2D eigenvalue weighted by molar-refractivity contribution is -0.125. The summed E-state index contributed by atoms with van der Waals surface area (Å²) in [4.78, 5) is 47.0. The van der Waals surface area contributed by atoms with Crippen LogP contribution in [-0.4, -0.2) is 50.5 Å². The molecule has 1 aromatic heterocycles. The number of benzene rings is 2. The monoisotopic (exact) mass is 516 g/mol. The number of carbonyl (C=O) groups is 3. The molecule has 1 unspecified atom stereocenters. The highest BCUT2D eigenvalue weighted by molar-refractivity contribution is 6.06. The summed E-state index contributed by atoms with van der Waals surface area (Å²) in [7, 11) is 0. The van der Waals surface area contributed by atoms with Crippen molar-refractivity contribution >= 4 is 29.5 Å². The number of carboxylic acid groups (broad SMARTS) is 1. The fourth-order valence-corrected chi connectivity index (χ4v) is 3.82. The lowest BCUT2D eigenvalue weighted by Gasteiger charge is -2.25. The molecule has 3 amide bonds. The second kappa shape index (κ2) is 11.1. The van der Waals surface area contributed by atoms with Crippen molar-refractivity contribution in [3.05, 3.63) is 84.2 Å². The fraction of sp³-hybridized carbons (Fsp3) is 0.250. The van der Waals surface area contributed by atoms with E-state index in [-0.39, 0.29) is 12.5 Å². The zero-order chi connectivity index (χ0) is 27.3. The highest BCUT2D eigenvalue weighted by Gasteiger charge is 2.30. The third kappa shape index (κ3) is 6.52. The zero-order valence-corrected chi connectivity index (χ0v) is 21.2. The van der Waals surface area contributed by atoms with Gasteiger partial charge in [-0.05, 0) is 61.7 Å². The molecule has 3 aromatic rings. The Labute approximate surface area is 219 Å². The van der Waals surface area contributed by atoms with E-state index >= 15 is 0 Å². The number of ether oxygens (including phenoxy) is 1. The van der Waals surface area contributed by atoms with Crippen LogP contribution >= 0.6 is 0 Å². The predicted molar refractivity (Wildman–Crippen MR) is 141 cm³/mol. The molecule has 4 rings (SSSR count). The Balaban J connectivity index is 1.43. The van der Waals surface area contributed by atoms with E-state index in [2.05, 4.69) is 15.5 Å². The van der Waals surface area contributed by atoms with E-state index in [1.807, 2.05) is 18.2 Å². The van der Waals surface area contributed by atoms with Gasteiger partial charge in [-0.3, -0.25) is 9.78 Å². The highest BCUT2D eigenvalue weighted by atomic mass is 16.6. The van der Waals surface area contributed by atoms with Crippen molar-refractivity contribution in [2.24, 2.45) is 5.16 Å². The minimum atomic E-state index is -1.41. The van der Waals surface area contributed by atoms with Gasteiger partial charge >= 0.3 is 12.2 Å². The fourth-order valence-electron chi connectivity index (χ4n) is 3.82. The number of nitrogens with one attached hydrogen (secondary N) is 1. The lowest BCUT2D eigenvalue weighted by Crippen LogP contribution is -2.39. The van der Waals surface area contributed by atoms with E-state index in [9.17, 15) is 19.5 Å². The van der Waals surface area contributed by atoms with Crippen LogP contribution < -0.4 is 5.32 Å². The second-order valence-electron chi connectivity index (χ2n) is 9.65.